The number of nitrogens with zero attached hydrogens (tertiary/aromatic N) is 4. The van der Waals surface area contributed by atoms with Crippen molar-refractivity contribution in [1.29, 1.82) is 0 Å². The van der Waals surface area contributed by atoms with Crippen molar-refractivity contribution in [2.75, 3.05) is 0 Å². The van der Waals surface area contributed by atoms with Gasteiger partial charge in [-0.1, -0.05) is 0 Å². The van der Waals surface area contributed by atoms with Gasteiger partial charge in [-0.05, 0) is 49.7 Å². The molecule has 5 heteroatoms. The molecule has 0 aliphatic heterocycles. The fourth-order valence-electron chi connectivity index (χ4n) is 2.00. The molecule has 0 saturated carbocycles. The van der Waals surface area contributed by atoms with Crippen molar-refractivity contribution in [3.63, 3.8) is 0 Å². The topological polar surface area (TPSA) is 35.6 Å². The van der Waals surface area contributed by atoms with E-state index in [2.05, 4.69) is 46.0 Å². The minimum atomic E-state index is 0.759. The van der Waals surface area contributed by atoms with Crippen LogP contribution in [0, 0.1) is 20.8 Å². The highest BCUT2D eigenvalue weighted by Gasteiger charge is 2.13. The zero-order valence-corrected chi connectivity index (χ0v) is 12.2. The van der Waals surface area contributed by atoms with Gasteiger partial charge >= 0.3 is 0 Å². The summed E-state index contributed by atoms with van der Waals surface area (Å²) in [6, 6.07) is 2.09. The van der Waals surface area contributed by atoms with Crippen LogP contribution in [0.5, 0.6) is 0 Å². The monoisotopic (exact) mass is 296 g/mol. The average molecular weight is 297 g/mol. The molecule has 0 aromatic carbocycles. The largest absolute Gasteiger partial charge is 0.267 e. The number of hydrogen-bond donors (Lipinski definition) is 0. The Morgan fingerprint density at radius 3 is 2.41 bits per heavy atom. The number of aromatic nitrogens is 4. The van der Waals surface area contributed by atoms with E-state index in [0.29, 0.717) is 0 Å². The maximum Gasteiger partial charge on any atom is 0.0842 e. The minimum Gasteiger partial charge on any atom is -0.267 e. The molecule has 17 heavy (non-hydrogen) atoms. The Balaban J connectivity index is 2.38. The van der Waals surface area contributed by atoms with Gasteiger partial charge in [0.1, 0.15) is 0 Å². The second kappa shape index (κ2) is 4.64. The zero-order valence-electron chi connectivity index (χ0n) is 10.7. The highest BCUT2D eigenvalue weighted by molar-refractivity contribution is 9.10. The Morgan fingerprint density at radius 1 is 1.18 bits per heavy atom. The second-order valence-corrected chi connectivity index (χ2v) is 5.04. The molecule has 0 radical (unpaired) electrons. The number of rotatable bonds is 3. The van der Waals surface area contributed by atoms with Crippen LogP contribution in [-0.4, -0.2) is 19.6 Å². The van der Waals surface area contributed by atoms with Crippen LogP contribution in [0.3, 0.4) is 0 Å². The third kappa shape index (κ3) is 2.29. The molecule has 0 fully saturated rings. The van der Waals surface area contributed by atoms with Gasteiger partial charge in [-0.2, -0.15) is 10.2 Å². The Bertz CT molecular complexity index is 539. The molecule has 0 spiro atoms. The maximum absolute atomic E-state index is 4.49. The normalized spacial score (nSPS) is 11.1. The predicted octanol–water partition coefficient (Wildman–Crippen LogP) is 2.84. The highest BCUT2D eigenvalue weighted by Crippen LogP contribution is 2.22. The van der Waals surface area contributed by atoms with Crippen molar-refractivity contribution in [3.05, 3.63) is 33.3 Å². The Kier molecular flexibility index (Phi) is 3.38. The molecule has 2 aromatic rings. The van der Waals surface area contributed by atoms with Gasteiger partial charge in [0.15, 0.2) is 0 Å². The first-order chi connectivity index (χ1) is 8.02. The van der Waals surface area contributed by atoms with Crippen molar-refractivity contribution in [1.82, 2.24) is 19.6 Å². The fourth-order valence-corrected chi connectivity index (χ4v) is 2.41. The summed E-state index contributed by atoms with van der Waals surface area (Å²) in [5.41, 5.74) is 4.44. The average Bonchev–Trinajstić information content (AvgIpc) is 2.73. The summed E-state index contributed by atoms with van der Waals surface area (Å²) in [6.07, 6.45) is 0. The summed E-state index contributed by atoms with van der Waals surface area (Å²) in [5, 5.41) is 8.98. The summed E-state index contributed by atoms with van der Waals surface area (Å²) in [6.45, 7) is 9.84. The van der Waals surface area contributed by atoms with Gasteiger partial charge in [0, 0.05) is 12.2 Å². The Morgan fingerprint density at radius 2 is 1.88 bits per heavy atom. The van der Waals surface area contributed by atoms with E-state index in [1.807, 2.05) is 23.2 Å². The molecule has 0 N–H and O–H groups in total. The van der Waals surface area contributed by atoms with Crippen LogP contribution in [0.1, 0.15) is 29.7 Å². The van der Waals surface area contributed by atoms with Crippen LogP contribution in [0.2, 0.25) is 0 Å². The molecule has 92 valence electrons. The van der Waals surface area contributed by atoms with Crippen molar-refractivity contribution in [3.8, 4) is 0 Å². The molecule has 2 aromatic heterocycles. The lowest BCUT2D eigenvalue weighted by molar-refractivity contribution is 0.565. The number of halogens is 1. The predicted molar refractivity (Wildman–Crippen MR) is 71.1 cm³/mol. The standard InChI is InChI=1S/C12H17BrN4/c1-5-16-11(12(13)10(4)15-16)7-17-9(3)6-8(2)14-17/h6H,5,7H2,1-4H3. The quantitative estimate of drug-likeness (QED) is 0.873. The SMILES string of the molecule is CCn1nc(C)c(Br)c1Cn1nc(C)cc1C. The molecule has 0 saturated heterocycles. The maximum atomic E-state index is 4.49. The van der Waals surface area contributed by atoms with E-state index in [1.54, 1.807) is 0 Å². The molecule has 0 aliphatic rings. The van der Waals surface area contributed by atoms with Crippen molar-refractivity contribution >= 4 is 15.9 Å². The molecule has 0 bridgehead atoms. The summed E-state index contributed by atoms with van der Waals surface area (Å²) in [7, 11) is 0. The number of hydrogen-bond acceptors (Lipinski definition) is 2. The van der Waals surface area contributed by atoms with Crippen molar-refractivity contribution in [2.24, 2.45) is 0 Å². The summed E-state index contributed by atoms with van der Waals surface area (Å²) >= 11 is 3.61. The second-order valence-electron chi connectivity index (χ2n) is 4.25. The van der Waals surface area contributed by atoms with E-state index < -0.39 is 0 Å². The molecule has 4 nitrogen and oxygen atoms in total. The zero-order chi connectivity index (χ0) is 12.6. The van der Waals surface area contributed by atoms with Crippen molar-refractivity contribution < 1.29 is 0 Å². The van der Waals surface area contributed by atoms with E-state index >= 15 is 0 Å². The van der Waals surface area contributed by atoms with E-state index in [-0.39, 0.29) is 0 Å². The molecule has 0 aliphatic carbocycles. The van der Waals surface area contributed by atoms with E-state index in [1.165, 1.54) is 11.4 Å². The molecule has 0 amide bonds. The third-order valence-corrected chi connectivity index (χ3v) is 3.89. The van der Waals surface area contributed by atoms with Crippen LogP contribution in [0.15, 0.2) is 10.5 Å². The van der Waals surface area contributed by atoms with Gasteiger partial charge in [0.25, 0.3) is 0 Å². The lowest BCUT2D eigenvalue weighted by atomic mass is 10.3. The highest BCUT2D eigenvalue weighted by atomic mass is 79.9. The van der Waals surface area contributed by atoms with Gasteiger partial charge < -0.3 is 0 Å². The first-order valence-corrected chi connectivity index (χ1v) is 6.55. The van der Waals surface area contributed by atoms with Crippen LogP contribution >= 0.6 is 15.9 Å². The fraction of sp³-hybridized carbons (Fsp3) is 0.500. The van der Waals surface area contributed by atoms with Crippen molar-refractivity contribution in [2.45, 2.75) is 40.8 Å². The summed E-state index contributed by atoms with van der Waals surface area (Å²) in [5.74, 6) is 0. The lowest BCUT2D eigenvalue weighted by Gasteiger charge is -2.07. The first kappa shape index (κ1) is 12.4. The Labute approximate surface area is 110 Å². The smallest absolute Gasteiger partial charge is 0.0842 e. The molecular weight excluding hydrogens is 280 g/mol. The van der Waals surface area contributed by atoms with Gasteiger partial charge in [-0.25, -0.2) is 0 Å². The summed E-state index contributed by atoms with van der Waals surface area (Å²) in [4.78, 5) is 0. The van der Waals surface area contributed by atoms with Gasteiger partial charge in [0.05, 0.1) is 28.1 Å². The van der Waals surface area contributed by atoms with E-state index in [9.17, 15) is 0 Å². The molecular formula is C12H17BrN4. The van der Waals surface area contributed by atoms with Crippen LogP contribution in [-0.2, 0) is 13.1 Å². The van der Waals surface area contributed by atoms with E-state index in [4.69, 9.17) is 0 Å². The van der Waals surface area contributed by atoms with Crippen LogP contribution in [0.4, 0.5) is 0 Å². The van der Waals surface area contributed by atoms with Gasteiger partial charge in [-0.3, -0.25) is 9.36 Å². The van der Waals surface area contributed by atoms with Crippen LogP contribution < -0.4 is 0 Å². The molecule has 2 heterocycles. The third-order valence-electron chi connectivity index (χ3n) is 2.86. The number of aryl methyl sites for hydroxylation is 4. The molecule has 2 rings (SSSR count). The minimum absolute atomic E-state index is 0.759. The first-order valence-electron chi connectivity index (χ1n) is 5.75. The van der Waals surface area contributed by atoms with E-state index in [0.717, 1.165) is 29.0 Å². The Hall–Kier alpha value is -1.10. The van der Waals surface area contributed by atoms with Gasteiger partial charge in [0.2, 0.25) is 0 Å². The molecule has 0 unspecified atom stereocenters. The van der Waals surface area contributed by atoms with Crippen LogP contribution in [0.25, 0.3) is 0 Å². The lowest BCUT2D eigenvalue weighted by Crippen LogP contribution is -2.10. The summed E-state index contributed by atoms with van der Waals surface area (Å²) < 4.78 is 5.13. The van der Waals surface area contributed by atoms with Gasteiger partial charge in [-0.15, -0.1) is 0 Å². The molecule has 0 atom stereocenters.